The van der Waals surface area contributed by atoms with Crippen LogP contribution in [-0.4, -0.2) is 56.6 Å². The Balaban J connectivity index is 1.47. The van der Waals surface area contributed by atoms with Crippen LogP contribution in [0.2, 0.25) is 0 Å². The van der Waals surface area contributed by atoms with Gasteiger partial charge in [-0.2, -0.15) is 0 Å². The molecule has 1 aromatic heterocycles. The van der Waals surface area contributed by atoms with E-state index in [9.17, 15) is 13.2 Å². The van der Waals surface area contributed by atoms with Crippen molar-refractivity contribution in [3.8, 4) is 0 Å². The first-order chi connectivity index (χ1) is 13.3. The molecule has 0 N–H and O–H groups in total. The number of hydrogen-bond acceptors (Lipinski definition) is 6. The Hall–Kier alpha value is -1.97. The van der Waals surface area contributed by atoms with Crippen molar-refractivity contribution in [2.75, 3.05) is 37.3 Å². The highest BCUT2D eigenvalue weighted by molar-refractivity contribution is 9.10. The van der Waals surface area contributed by atoms with E-state index in [1.54, 1.807) is 18.2 Å². The van der Waals surface area contributed by atoms with Crippen molar-refractivity contribution in [1.82, 2.24) is 9.88 Å². The molecular formula is C19H18BrN3O3S2. The maximum atomic E-state index is 12.6. The molecule has 28 heavy (non-hydrogen) atoms. The van der Waals surface area contributed by atoms with Crippen LogP contribution in [0.1, 0.15) is 10.4 Å². The van der Waals surface area contributed by atoms with Crippen LogP contribution in [0.5, 0.6) is 0 Å². The Morgan fingerprint density at radius 1 is 1.07 bits per heavy atom. The van der Waals surface area contributed by atoms with Crippen LogP contribution >= 0.6 is 27.3 Å². The molecule has 1 saturated heterocycles. The number of hydrogen-bond donors (Lipinski definition) is 0. The third kappa shape index (κ3) is 3.92. The minimum atomic E-state index is -3.24. The minimum absolute atomic E-state index is 0.0363. The number of carbonyl (C=O) groups excluding carboxylic acids is 1. The highest BCUT2D eigenvalue weighted by atomic mass is 79.9. The molecule has 1 aliphatic heterocycles. The molecule has 2 aromatic carbocycles. The number of piperazine rings is 1. The summed E-state index contributed by atoms with van der Waals surface area (Å²) in [5, 5.41) is 0.858. The number of benzene rings is 2. The predicted molar refractivity (Wildman–Crippen MR) is 115 cm³/mol. The van der Waals surface area contributed by atoms with Gasteiger partial charge in [-0.3, -0.25) is 4.79 Å². The fraction of sp³-hybridized carbons (Fsp3) is 0.263. The summed E-state index contributed by atoms with van der Waals surface area (Å²) in [5.41, 5.74) is 1.48. The van der Waals surface area contributed by atoms with Gasteiger partial charge < -0.3 is 9.80 Å². The van der Waals surface area contributed by atoms with Gasteiger partial charge >= 0.3 is 0 Å². The van der Waals surface area contributed by atoms with Gasteiger partial charge in [0.1, 0.15) is 0 Å². The first-order valence-corrected chi connectivity index (χ1v) is 12.2. The Labute approximate surface area is 175 Å². The maximum Gasteiger partial charge on any atom is 0.253 e. The van der Waals surface area contributed by atoms with E-state index in [0.29, 0.717) is 36.6 Å². The smallest absolute Gasteiger partial charge is 0.253 e. The summed E-state index contributed by atoms with van der Waals surface area (Å²) in [6.45, 7) is 2.64. The molecule has 6 nitrogen and oxygen atoms in total. The second-order valence-corrected chi connectivity index (χ2v) is 10.6. The standard InChI is InChI=1S/C19H18BrN3O3S2/c1-28(25,26)15-6-7-16-17(12-15)27-19(21-16)23-10-8-22(9-11-23)18(24)13-2-4-14(20)5-3-13/h2-7,12H,8-11H2,1H3. The lowest BCUT2D eigenvalue weighted by atomic mass is 10.2. The lowest BCUT2D eigenvalue weighted by molar-refractivity contribution is 0.0746. The highest BCUT2D eigenvalue weighted by Crippen LogP contribution is 2.31. The molecule has 4 rings (SSSR count). The molecule has 0 aliphatic carbocycles. The van der Waals surface area contributed by atoms with Gasteiger partial charge in [0.05, 0.1) is 15.1 Å². The Bertz CT molecular complexity index is 1130. The summed E-state index contributed by atoms with van der Waals surface area (Å²) in [4.78, 5) is 21.6. The average molecular weight is 480 g/mol. The van der Waals surface area contributed by atoms with Crippen molar-refractivity contribution < 1.29 is 13.2 Å². The SMILES string of the molecule is CS(=O)(=O)c1ccc2nc(N3CCN(C(=O)c4ccc(Br)cc4)CC3)sc2c1. The number of carbonyl (C=O) groups is 1. The van der Waals surface area contributed by atoms with Crippen molar-refractivity contribution >= 4 is 58.4 Å². The fourth-order valence-corrected chi connectivity index (χ4v) is 5.18. The molecule has 0 radical (unpaired) electrons. The van der Waals surface area contributed by atoms with E-state index in [1.807, 2.05) is 29.2 Å². The van der Waals surface area contributed by atoms with E-state index >= 15 is 0 Å². The Morgan fingerprint density at radius 2 is 1.75 bits per heavy atom. The third-order valence-electron chi connectivity index (χ3n) is 4.71. The van der Waals surface area contributed by atoms with E-state index in [-0.39, 0.29) is 5.91 Å². The van der Waals surface area contributed by atoms with Crippen LogP contribution in [0.15, 0.2) is 51.8 Å². The maximum absolute atomic E-state index is 12.6. The number of aromatic nitrogens is 1. The minimum Gasteiger partial charge on any atom is -0.345 e. The zero-order chi connectivity index (χ0) is 19.9. The van der Waals surface area contributed by atoms with Crippen molar-refractivity contribution in [2.24, 2.45) is 0 Å². The zero-order valence-corrected chi connectivity index (χ0v) is 18.3. The molecule has 3 aromatic rings. The molecule has 1 aliphatic rings. The van der Waals surface area contributed by atoms with E-state index in [1.165, 1.54) is 17.6 Å². The molecule has 0 saturated carbocycles. The summed E-state index contributed by atoms with van der Waals surface area (Å²) < 4.78 is 25.3. The van der Waals surface area contributed by atoms with Gasteiger partial charge in [-0.25, -0.2) is 13.4 Å². The molecule has 0 unspecified atom stereocenters. The van der Waals surface area contributed by atoms with Crippen molar-refractivity contribution in [2.45, 2.75) is 4.90 Å². The zero-order valence-electron chi connectivity index (χ0n) is 15.1. The fourth-order valence-electron chi connectivity index (χ4n) is 3.13. The molecule has 9 heteroatoms. The first kappa shape index (κ1) is 19.4. The summed E-state index contributed by atoms with van der Waals surface area (Å²) in [5.74, 6) is 0.0363. The van der Waals surface area contributed by atoms with Gasteiger partial charge in [-0.05, 0) is 42.5 Å². The topological polar surface area (TPSA) is 70.6 Å². The number of nitrogens with zero attached hydrogens (tertiary/aromatic N) is 3. The summed E-state index contributed by atoms with van der Waals surface area (Å²) in [6.07, 6.45) is 1.21. The first-order valence-electron chi connectivity index (χ1n) is 8.72. The molecule has 1 fully saturated rings. The third-order valence-corrected chi connectivity index (χ3v) is 7.42. The lowest BCUT2D eigenvalue weighted by Crippen LogP contribution is -2.48. The quantitative estimate of drug-likeness (QED) is 0.575. The van der Waals surface area contributed by atoms with Crippen molar-refractivity contribution in [3.05, 3.63) is 52.5 Å². The molecule has 0 spiro atoms. The van der Waals surface area contributed by atoms with Gasteiger partial charge in [-0.1, -0.05) is 27.3 Å². The molecule has 0 bridgehead atoms. The van der Waals surface area contributed by atoms with Gasteiger partial charge in [-0.15, -0.1) is 0 Å². The summed E-state index contributed by atoms with van der Waals surface area (Å²) in [7, 11) is -3.24. The largest absolute Gasteiger partial charge is 0.345 e. The van der Waals surface area contributed by atoms with Crippen LogP contribution in [0.25, 0.3) is 10.2 Å². The van der Waals surface area contributed by atoms with Crippen molar-refractivity contribution in [1.29, 1.82) is 0 Å². The van der Waals surface area contributed by atoms with E-state index in [0.717, 1.165) is 19.8 Å². The van der Waals surface area contributed by atoms with Gasteiger partial charge in [0, 0.05) is 42.5 Å². The number of sulfone groups is 1. The number of fused-ring (bicyclic) bond motifs is 1. The number of rotatable bonds is 3. The second kappa shape index (κ2) is 7.46. The predicted octanol–water partition coefficient (Wildman–Crippen LogP) is 3.42. The van der Waals surface area contributed by atoms with Crippen molar-refractivity contribution in [3.63, 3.8) is 0 Å². The monoisotopic (exact) mass is 479 g/mol. The molecule has 1 amide bonds. The van der Waals surface area contributed by atoms with Gasteiger partial charge in [0.25, 0.3) is 5.91 Å². The van der Waals surface area contributed by atoms with E-state index < -0.39 is 9.84 Å². The lowest BCUT2D eigenvalue weighted by Gasteiger charge is -2.34. The number of amides is 1. The van der Waals surface area contributed by atoms with Gasteiger partial charge in [0.15, 0.2) is 15.0 Å². The van der Waals surface area contributed by atoms with Crippen LogP contribution < -0.4 is 4.90 Å². The van der Waals surface area contributed by atoms with Crippen LogP contribution in [0, 0.1) is 0 Å². The highest BCUT2D eigenvalue weighted by Gasteiger charge is 2.24. The normalized spacial score (nSPS) is 15.2. The van der Waals surface area contributed by atoms with Crippen LogP contribution in [-0.2, 0) is 9.84 Å². The van der Waals surface area contributed by atoms with Crippen LogP contribution in [0.4, 0.5) is 5.13 Å². The number of thiazole rings is 1. The molecule has 0 atom stereocenters. The number of halogens is 1. The van der Waals surface area contributed by atoms with Gasteiger partial charge in [0.2, 0.25) is 0 Å². The second-order valence-electron chi connectivity index (χ2n) is 6.68. The Kier molecular flexibility index (Phi) is 5.15. The Morgan fingerprint density at radius 3 is 2.39 bits per heavy atom. The summed E-state index contributed by atoms with van der Waals surface area (Å²) >= 11 is 4.87. The summed E-state index contributed by atoms with van der Waals surface area (Å²) in [6, 6.07) is 12.4. The number of anilines is 1. The average Bonchev–Trinajstić information content (AvgIpc) is 3.11. The van der Waals surface area contributed by atoms with Crippen LogP contribution in [0.3, 0.4) is 0 Å². The van der Waals surface area contributed by atoms with E-state index in [2.05, 4.69) is 25.8 Å². The molecular weight excluding hydrogens is 462 g/mol. The molecule has 146 valence electrons. The molecule has 2 heterocycles. The van der Waals surface area contributed by atoms with E-state index in [4.69, 9.17) is 0 Å².